The molecule has 1 rings (SSSR count). The number of aliphatic hydroxyl groups excluding tert-OH is 1. The van der Waals surface area contributed by atoms with Crippen LogP contribution in [0.5, 0.6) is 0 Å². The minimum atomic E-state index is -1.22. The summed E-state index contributed by atoms with van der Waals surface area (Å²) in [5.41, 5.74) is 0. The zero-order chi connectivity index (χ0) is 12.8. The van der Waals surface area contributed by atoms with Crippen LogP contribution in [0.3, 0.4) is 0 Å². The summed E-state index contributed by atoms with van der Waals surface area (Å²) < 4.78 is 0. The van der Waals surface area contributed by atoms with Gasteiger partial charge in [0.25, 0.3) is 0 Å². The molecule has 0 aromatic heterocycles. The van der Waals surface area contributed by atoms with Crippen molar-refractivity contribution in [3.8, 4) is 0 Å². The van der Waals surface area contributed by atoms with E-state index in [2.05, 4.69) is 5.32 Å². The Bertz CT molecular complexity index is 279. The molecule has 0 bridgehead atoms. The van der Waals surface area contributed by atoms with Gasteiger partial charge in [-0.1, -0.05) is 6.42 Å². The molecule has 0 saturated heterocycles. The molecule has 6 heteroatoms. The van der Waals surface area contributed by atoms with Crippen LogP contribution in [0.25, 0.3) is 0 Å². The fourth-order valence-electron chi connectivity index (χ4n) is 1.77. The molecule has 2 amide bonds. The molecule has 1 atom stereocenters. The van der Waals surface area contributed by atoms with Crippen LogP contribution >= 0.6 is 0 Å². The van der Waals surface area contributed by atoms with E-state index >= 15 is 0 Å². The SMILES string of the molecule is CCN(CC1CCC1)C(=O)N[C@@H](CO)C(=O)O. The van der Waals surface area contributed by atoms with Gasteiger partial charge in [-0.25, -0.2) is 9.59 Å². The molecule has 1 aliphatic rings. The summed E-state index contributed by atoms with van der Waals surface area (Å²) in [6, 6.07) is -1.64. The second-order valence-electron chi connectivity index (χ2n) is 4.36. The Morgan fingerprint density at radius 1 is 1.47 bits per heavy atom. The molecule has 17 heavy (non-hydrogen) atoms. The highest BCUT2D eigenvalue weighted by atomic mass is 16.4. The van der Waals surface area contributed by atoms with E-state index in [9.17, 15) is 9.59 Å². The van der Waals surface area contributed by atoms with Crippen molar-refractivity contribution in [2.75, 3.05) is 19.7 Å². The van der Waals surface area contributed by atoms with Crippen molar-refractivity contribution in [2.45, 2.75) is 32.2 Å². The van der Waals surface area contributed by atoms with E-state index < -0.39 is 24.6 Å². The molecule has 3 N–H and O–H groups in total. The lowest BCUT2D eigenvalue weighted by molar-refractivity contribution is -0.140. The monoisotopic (exact) mass is 244 g/mol. The molecule has 0 radical (unpaired) electrons. The molecule has 0 aromatic rings. The minimum Gasteiger partial charge on any atom is -0.480 e. The van der Waals surface area contributed by atoms with E-state index in [0.29, 0.717) is 19.0 Å². The second kappa shape index (κ2) is 6.44. The molecular weight excluding hydrogens is 224 g/mol. The fourth-order valence-corrected chi connectivity index (χ4v) is 1.77. The average Bonchev–Trinajstić information content (AvgIpc) is 2.23. The van der Waals surface area contributed by atoms with E-state index in [1.54, 1.807) is 4.90 Å². The summed E-state index contributed by atoms with van der Waals surface area (Å²) >= 11 is 0. The number of carbonyl (C=O) groups excluding carboxylic acids is 1. The van der Waals surface area contributed by atoms with Gasteiger partial charge in [-0.05, 0) is 25.7 Å². The highest BCUT2D eigenvalue weighted by Gasteiger charge is 2.25. The van der Waals surface area contributed by atoms with E-state index in [4.69, 9.17) is 10.2 Å². The molecule has 0 heterocycles. The zero-order valence-corrected chi connectivity index (χ0v) is 10.1. The molecular formula is C11H20N2O4. The number of urea groups is 1. The van der Waals surface area contributed by atoms with Crippen LogP contribution in [0.2, 0.25) is 0 Å². The lowest BCUT2D eigenvalue weighted by atomic mass is 9.85. The van der Waals surface area contributed by atoms with Crippen LogP contribution in [0.1, 0.15) is 26.2 Å². The number of hydrogen-bond acceptors (Lipinski definition) is 3. The number of carboxylic acids is 1. The smallest absolute Gasteiger partial charge is 0.328 e. The number of nitrogens with zero attached hydrogens (tertiary/aromatic N) is 1. The maximum Gasteiger partial charge on any atom is 0.328 e. The lowest BCUT2D eigenvalue weighted by Gasteiger charge is -2.32. The van der Waals surface area contributed by atoms with Gasteiger partial charge in [0, 0.05) is 13.1 Å². The fraction of sp³-hybridized carbons (Fsp3) is 0.818. The highest BCUT2D eigenvalue weighted by molar-refractivity contribution is 5.82. The predicted molar refractivity (Wildman–Crippen MR) is 61.6 cm³/mol. The van der Waals surface area contributed by atoms with Gasteiger partial charge in [0.2, 0.25) is 0 Å². The number of amides is 2. The first-order valence-electron chi connectivity index (χ1n) is 5.97. The van der Waals surface area contributed by atoms with E-state index in [1.165, 1.54) is 6.42 Å². The number of carboxylic acid groups (broad SMARTS) is 1. The van der Waals surface area contributed by atoms with Crippen LogP contribution < -0.4 is 5.32 Å². The maximum atomic E-state index is 11.8. The van der Waals surface area contributed by atoms with Gasteiger partial charge in [-0.15, -0.1) is 0 Å². The van der Waals surface area contributed by atoms with Crippen molar-refractivity contribution in [3.05, 3.63) is 0 Å². The highest BCUT2D eigenvalue weighted by Crippen LogP contribution is 2.26. The van der Waals surface area contributed by atoms with Gasteiger partial charge in [-0.2, -0.15) is 0 Å². The van der Waals surface area contributed by atoms with Gasteiger partial charge >= 0.3 is 12.0 Å². The van der Waals surface area contributed by atoms with E-state index in [1.807, 2.05) is 6.92 Å². The molecule has 0 aromatic carbocycles. The first kappa shape index (κ1) is 13.8. The van der Waals surface area contributed by atoms with Gasteiger partial charge in [-0.3, -0.25) is 0 Å². The topological polar surface area (TPSA) is 89.9 Å². The predicted octanol–water partition coefficient (Wildman–Crippen LogP) is 0.263. The van der Waals surface area contributed by atoms with Gasteiger partial charge in [0.05, 0.1) is 6.61 Å². The lowest BCUT2D eigenvalue weighted by Crippen LogP contribution is -2.50. The molecule has 0 spiro atoms. The Labute approximate surface area is 101 Å². The molecule has 1 fully saturated rings. The average molecular weight is 244 g/mol. The van der Waals surface area contributed by atoms with Crippen LogP contribution in [0.15, 0.2) is 0 Å². The van der Waals surface area contributed by atoms with Crippen LogP contribution in [-0.2, 0) is 4.79 Å². The summed E-state index contributed by atoms with van der Waals surface area (Å²) in [5, 5.41) is 19.9. The van der Waals surface area contributed by atoms with Crippen molar-refractivity contribution >= 4 is 12.0 Å². The first-order chi connectivity index (χ1) is 8.08. The third-order valence-electron chi connectivity index (χ3n) is 3.15. The molecule has 0 unspecified atom stereocenters. The van der Waals surface area contributed by atoms with Crippen molar-refractivity contribution in [2.24, 2.45) is 5.92 Å². The van der Waals surface area contributed by atoms with Crippen LogP contribution in [0, 0.1) is 5.92 Å². The van der Waals surface area contributed by atoms with Crippen molar-refractivity contribution < 1.29 is 19.8 Å². The zero-order valence-electron chi connectivity index (χ0n) is 10.1. The van der Waals surface area contributed by atoms with E-state index in [-0.39, 0.29) is 0 Å². The van der Waals surface area contributed by atoms with Crippen LogP contribution in [0.4, 0.5) is 4.79 Å². The Kier molecular flexibility index (Phi) is 5.21. The summed E-state index contributed by atoms with van der Waals surface area (Å²) in [4.78, 5) is 24.0. The number of nitrogens with one attached hydrogen (secondary N) is 1. The maximum absolute atomic E-state index is 11.8. The standard InChI is InChI=1S/C11H20N2O4/c1-2-13(6-8-4-3-5-8)11(17)12-9(7-14)10(15)16/h8-9,14H,2-7H2,1H3,(H,12,17)(H,15,16)/t9-/m0/s1. The summed E-state index contributed by atoms with van der Waals surface area (Å²) in [7, 11) is 0. The summed E-state index contributed by atoms with van der Waals surface area (Å²) in [5.74, 6) is -0.682. The van der Waals surface area contributed by atoms with E-state index in [0.717, 1.165) is 12.8 Å². The van der Waals surface area contributed by atoms with Gasteiger partial charge in [0.1, 0.15) is 0 Å². The van der Waals surface area contributed by atoms with Crippen LogP contribution in [-0.4, -0.2) is 52.9 Å². The first-order valence-corrected chi connectivity index (χ1v) is 5.97. The van der Waals surface area contributed by atoms with Crippen molar-refractivity contribution in [3.63, 3.8) is 0 Å². The van der Waals surface area contributed by atoms with Gasteiger partial charge in [0.15, 0.2) is 6.04 Å². The Morgan fingerprint density at radius 2 is 2.12 bits per heavy atom. The quantitative estimate of drug-likeness (QED) is 0.625. The Morgan fingerprint density at radius 3 is 2.47 bits per heavy atom. The number of carbonyl (C=O) groups is 2. The molecule has 0 aliphatic heterocycles. The number of aliphatic carboxylic acids is 1. The van der Waals surface area contributed by atoms with Crippen molar-refractivity contribution in [1.29, 1.82) is 0 Å². The summed E-state index contributed by atoms with van der Waals surface area (Å²) in [6.45, 7) is 2.47. The second-order valence-corrected chi connectivity index (χ2v) is 4.36. The van der Waals surface area contributed by atoms with Crippen molar-refractivity contribution in [1.82, 2.24) is 10.2 Å². The minimum absolute atomic E-state index is 0.416. The third kappa shape index (κ3) is 3.89. The van der Waals surface area contributed by atoms with Gasteiger partial charge < -0.3 is 20.4 Å². The Balaban J connectivity index is 2.44. The normalized spacial score (nSPS) is 17.1. The third-order valence-corrected chi connectivity index (χ3v) is 3.15. The molecule has 1 aliphatic carbocycles. The molecule has 1 saturated carbocycles. The Hall–Kier alpha value is -1.30. The largest absolute Gasteiger partial charge is 0.480 e. The number of hydrogen-bond donors (Lipinski definition) is 3. The summed E-state index contributed by atoms with van der Waals surface area (Å²) in [6.07, 6.45) is 3.47. The number of aliphatic hydroxyl groups is 1. The molecule has 98 valence electrons. The number of rotatable bonds is 6. The molecule has 6 nitrogen and oxygen atoms in total.